The molecule has 1 N–H and O–H groups in total. The molecule has 4 saturated carbocycles. The summed E-state index contributed by atoms with van der Waals surface area (Å²) < 4.78 is 5.91. The zero-order valence-electron chi connectivity index (χ0n) is 17.7. The maximum Gasteiger partial charge on any atom is 0.119 e. The van der Waals surface area contributed by atoms with E-state index >= 15 is 0 Å². The van der Waals surface area contributed by atoms with Crippen LogP contribution >= 0.6 is 11.6 Å². The average Bonchev–Trinajstić information content (AvgIpc) is 2.71. The highest BCUT2D eigenvalue weighted by Gasteiger charge is 2.52. The van der Waals surface area contributed by atoms with Crippen molar-refractivity contribution in [1.29, 1.82) is 0 Å². The quantitative estimate of drug-likeness (QED) is 0.703. The predicted molar refractivity (Wildman–Crippen MR) is 119 cm³/mol. The van der Waals surface area contributed by atoms with E-state index in [0.717, 1.165) is 40.6 Å². The third-order valence-electron chi connectivity index (χ3n) is 7.89. The lowest BCUT2D eigenvalue weighted by Crippen LogP contribution is -3.00. The lowest BCUT2D eigenvalue weighted by molar-refractivity contribution is -0.0706. The molecule has 4 aliphatic carbocycles. The number of hydrogen-bond acceptors (Lipinski definition) is 2. The zero-order valence-corrected chi connectivity index (χ0v) is 19.3. The topological polar surface area (TPSA) is 21.3 Å². The van der Waals surface area contributed by atoms with Gasteiger partial charge in [0.15, 0.2) is 0 Å². The predicted octanol–water partition coefficient (Wildman–Crippen LogP) is 3.62. The SMILES string of the molecule is CC(NCc1ccc(OCc2ccccc2Cl)cc1)C12CC3CC(CC(C3)C1)C2.[Cl-]. The maximum atomic E-state index is 6.21. The summed E-state index contributed by atoms with van der Waals surface area (Å²) in [6.07, 6.45) is 8.93. The van der Waals surface area contributed by atoms with Gasteiger partial charge in [-0.05, 0) is 92.4 Å². The third kappa shape index (κ3) is 4.52. The number of rotatable bonds is 7. The lowest BCUT2D eigenvalue weighted by Gasteiger charge is -2.59. The average molecular weight is 445 g/mol. The Morgan fingerprint density at radius 3 is 2.17 bits per heavy atom. The molecule has 0 heterocycles. The van der Waals surface area contributed by atoms with Crippen molar-refractivity contribution >= 4 is 11.6 Å². The second-order valence-electron chi connectivity index (χ2n) is 9.91. The van der Waals surface area contributed by atoms with E-state index in [-0.39, 0.29) is 12.4 Å². The summed E-state index contributed by atoms with van der Waals surface area (Å²) in [5.41, 5.74) is 2.91. The molecule has 162 valence electrons. The second-order valence-corrected chi connectivity index (χ2v) is 10.3. The Bertz CT molecular complexity index is 815. The van der Waals surface area contributed by atoms with Gasteiger partial charge in [-0.1, -0.05) is 41.9 Å². The maximum absolute atomic E-state index is 6.21. The standard InChI is InChI=1S/C26H32ClNO.ClH/c1-18(26-13-20-10-21(14-26)12-22(11-20)15-26)28-16-19-6-8-24(9-7-19)29-17-23-4-2-3-5-25(23)27;/h2-9,18,20-22,28H,10-17H2,1H3;1H/p-1. The first-order chi connectivity index (χ1) is 14.1. The third-order valence-corrected chi connectivity index (χ3v) is 8.26. The van der Waals surface area contributed by atoms with Crippen molar-refractivity contribution in [2.24, 2.45) is 23.2 Å². The van der Waals surface area contributed by atoms with Crippen molar-refractivity contribution in [1.82, 2.24) is 5.32 Å². The van der Waals surface area contributed by atoms with Gasteiger partial charge in [-0.25, -0.2) is 0 Å². The van der Waals surface area contributed by atoms with Crippen LogP contribution in [0.5, 0.6) is 5.75 Å². The molecule has 4 fully saturated rings. The summed E-state index contributed by atoms with van der Waals surface area (Å²) in [4.78, 5) is 0. The minimum absolute atomic E-state index is 0. The van der Waals surface area contributed by atoms with Gasteiger partial charge in [0.2, 0.25) is 0 Å². The molecular weight excluding hydrogens is 413 g/mol. The Morgan fingerprint density at radius 2 is 1.57 bits per heavy atom. The van der Waals surface area contributed by atoms with Crippen LogP contribution in [0.15, 0.2) is 48.5 Å². The van der Waals surface area contributed by atoms with Crippen LogP contribution in [0.1, 0.15) is 56.6 Å². The van der Waals surface area contributed by atoms with E-state index in [1.54, 1.807) is 0 Å². The first kappa shape index (κ1) is 22.0. The molecule has 1 atom stereocenters. The lowest BCUT2D eigenvalue weighted by atomic mass is 9.48. The van der Waals surface area contributed by atoms with E-state index in [2.05, 4.69) is 36.5 Å². The molecule has 0 saturated heterocycles. The molecule has 1 unspecified atom stereocenters. The molecule has 4 heteroatoms. The minimum atomic E-state index is 0. The molecule has 2 nitrogen and oxygen atoms in total. The van der Waals surface area contributed by atoms with Gasteiger partial charge in [0.1, 0.15) is 12.4 Å². The number of nitrogens with one attached hydrogen (secondary N) is 1. The van der Waals surface area contributed by atoms with Gasteiger partial charge in [0, 0.05) is 23.2 Å². The van der Waals surface area contributed by atoms with Gasteiger partial charge in [-0.3, -0.25) is 0 Å². The van der Waals surface area contributed by atoms with Gasteiger partial charge in [0.25, 0.3) is 0 Å². The fraction of sp³-hybridized carbons (Fsp3) is 0.538. The molecule has 2 aromatic carbocycles. The van der Waals surface area contributed by atoms with Crippen LogP contribution in [-0.4, -0.2) is 6.04 Å². The van der Waals surface area contributed by atoms with Gasteiger partial charge >= 0.3 is 0 Å². The fourth-order valence-electron chi connectivity index (χ4n) is 6.68. The van der Waals surface area contributed by atoms with Crippen molar-refractivity contribution in [3.63, 3.8) is 0 Å². The van der Waals surface area contributed by atoms with Gasteiger partial charge in [-0.2, -0.15) is 0 Å². The highest BCUT2D eigenvalue weighted by atomic mass is 35.5. The normalized spacial score (nSPS) is 30.0. The van der Waals surface area contributed by atoms with Gasteiger partial charge < -0.3 is 22.5 Å². The second kappa shape index (κ2) is 9.10. The van der Waals surface area contributed by atoms with E-state index in [4.69, 9.17) is 16.3 Å². The minimum Gasteiger partial charge on any atom is -1.00 e. The molecule has 0 radical (unpaired) electrons. The first-order valence-electron chi connectivity index (χ1n) is 11.3. The summed E-state index contributed by atoms with van der Waals surface area (Å²) in [7, 11) is 0. The monoisotopic (exact) mass is 444 g/mol. The fourth-order valence-corrected chi connectivity index (χ4v) is 6.87. The number of benzene rings is 2. The van der Waals surface area contributed by atoms with E-state index in [1.807, 2.05) is 24.3 Å². The molecule has 2 aromatic rings. The number of halogens is 2. The van der Waals surface area contributed by atoms with Crippen LogP contribution < -0.4 is 22.5 Å². The molecule has 4 bridgehead atoms. The van der Waals surface area contributed by atoms with Crippen molar-refractivity contribution < 1.29 is 17.1 Å². The summed E-state index contributed by atoms with van der Waals surface area (Å²) in [6.45, 7) is 3.88. The van der Waals surface area contributed by atoms with E-state index < -0.39 is 0 Å². The summed E-state index contributed by atoms with van der Waals surface area (Å²) in [5.74, 6) is 3.93. The van der Waals surface area contributed by atoms with Crippen LogP contribution in [-0.2, 0) is 13.2 Å². The Hall–Kier alpha value is -1.22. The summed E-state index contributed by atoms with van der Waals surface area (Å²) in [6, 6.07) is 17.0. The molecular formula is C26H32Cl2NO-. The molecule has 6 rings (SSSR count). The number of hydrogen-bond donors (Lipinski definition) is 1. The van der Waals surface area contributed by atoms with Crippen LogP contribution in [0.3, 0.4) is 0 Å². The van der Waals surface area contributed by atoms with Crippen molar-refractivity contribution in [3.05, 3.63) is 64.7 Å². The van der Waals surface area contributed by atoms with Crippen LogP contribution in [0, 0.1) is 23.2 Å². The van der Waals surface area contributed by atoms with Crippen LogP contribution in [0.25, 0.3) is 0 Å². The summed E-state index contributed by atoms with van der Waals surface area (Å²) >= 11 is 6.21. The van der Waals surface area contributed by atoms with Gasteiger partial charge in [-0.15, -0.1) is 0 Å². The molecule has 0 spiro atoms. The van der Waals surface area contributed by atoms with Crippen LogP contribution in [0.2, 0.25) is 5.02 Å². The smallest absolute Gasteiger partial charge is 0.119 e. The largest absolute Gasteiger partial charge is 1.00 e. The number of ether oxygens (including phenoxy) is 1. The highest BCUT2D eigenvalue weighted by Crippen LogP contribution is 2.61. The van der Waals surface area contributed by atoms with Crippen molar-refractivity contribution in [3.8, 4) is 5.75 Å². The Labute approximate surface area is 192 Å². The Morgan fingerprint density at radius 1 is 0.967 bits per heavy atom. The van der Waals surface area contributed by atoms with E-state index in [0.29, 0.717) is 18.1 Å². The molecule has 30 heavy (non-hydrogen) atoms. The molecule has 0 amide bonds. The van der Waals surface area contributed by atoms with Crippen molar-refractivity contribution in [2.45, 2.75) is 64.6 Å². The molecule has 0 aliphatic heterocycles. The van der Waals surface area contributed by atoms with Gasteiger partial charge in [0.05, 0.1) is 0 Å². The Kier molecular flexibility index (Phi) is 6.67. The van der Waals surface area contributed by atoms with Crippen molar-refractivity contribution in [2.75, 3.05) is 0 Å². The first-order valence-corrected chi connectivity index (χ1v) is 11.7. The molecule has 4 aliphatic rings. The zero-order chi connectivity index (χ0) is 19.8. The van der Waals surface area contributed by atoms with Crippen LogP contribution in [0.4, 0.5) is 0 Å². The Balaban J connectivity index is 0.00000218. The van der Waals surface area contributed by atoms with E-state index in [9.17, 15) is 0 Å². The molecule has 0 aromatic heterocycles. The van der Waals surface area contributed by atoms with E-state index in [1.165, 1.54) is 44.1 Å². The highest BCUT2D eigenvalue weighted by molar-refractivity contribution is 6.31. The summed E-state index contributed by atoms with van der Waals surface area (Å²) in [5, 5.41) is 4.64.